The minimum atomic E-state index is -4.93. The number of carbonyl (C=O) groups is 2. The minimum absolute atomic E-state index is 0.126. The van der Waals surface area contributed by atoms with Crippen molar-refractivity contribution in [3.8, 4) is 0 Å². The highest BCUT2D eigenvalue weighted by atomic mass is 31.2. The Bertz CT molecular complexity index is 1530. The standard InChI is InChI=1S/C29H29N2O5P/c1-31(22-13-5-6-14-22)29(33)25-17-20-10-2-3-11-21(20)18-26(25)30-28(32)27(37(34,35)36)24-16-8-12-19-9-4-7-15-23(19)24/h2-4,7-12,15-18,22,27H,5-6,13-14H2,1H3,(H,30,32)(H2,34,35,36). The summed E-state index contributed by atoms with van der Waals surface area (Å²) in [6.07, 6.45) is 3.99. The molecule has 0 heterocycles. The van der Waals surface area contributed by atoms with Gasteiger partial charge in [0.25, 0.3) is 5.91 Å². The molecule has 4 aromatic rings. The quantitative estimate of drug-likeness (QED) is 0.278. The van der Waals surface area contributed by atoms with Gasteiger partial charge < -0.3 is 20.0 Å². The van der Waals surface area contributed by atoms with Gasteiger partial charge in [-0.05, 0) is 52.1 Å². The summed E-state index contributed by atoms with van der Waals surface area (Å²) in [7, 11) is -3.15. The largest absolute Gasteiger partial charge is 0.342 e. The molecule has 8 heteroatoms. The number of amides is 2. The fraction of sp³-hybridized carbons (Fsp3) is 0.241. The summed E-state index contributed by atoms with van der Waals surface area (Å²) in [4.78, 5) is 49.5. The van der Waals surface area contributed by atoms with Crippen molar-refractivity contribution in [2.75, 3.05) is 12.4 Å². The zero-order valence-corrected chi connectivity index (χ0v) is 21.4. The maximum absolute atomic E-state index is 13.6. The third-order valence-electron chi connectivity index (χ3n) is 7.27. The van der Waals surface area contributed by atoms with Crippen LogP contribution in [0.25, 0.3) is 21.5 Å². The van der Waals surface area contributed by atoms with Crippen LogP contribution in [0, 0.1) is 0 Å². The normalized spacial score (nSPS) is 15.1. The first-order valence-electron chi connectivity index (χ1n) is 12.4. The predicted octanol–water partition coefficient (Wildman–Crippen LogP) is 5.87. The van der Waals surface area contributed by atoms with Gasteiger partial charge in [-0.2, -0.15) is 0 Å². The first-order valence-corrected chi connectivity index (χ1v) is 14.1. The van der Waals surface area contributed by atoms with E-state index in [4.69, 9.17) is 0 Å². The highest BCUT2D eigenvalue weighted by molar-refractivity contribution is 7.53. The van der Waals surface area contributed by atoms with E-state index in [1.165, 1.54) is 0 Å². The Morgan fingerprint density at radius 2 is 1.49 bits per heavy atom. The molecule has 0 aromatic heterocycles. The van der Waals surface area contributed by atoms with Crippen molar-refractivity contribution in [2.45, 2.75) is 37.4 Å². The number of hydrogen-bond donors (Lipinski definition) is 3. The third-order valence-corrected chi connectivity index (χ3v) is 8.45. The fourth-order valence-electron chi connectivity index (χ4n) is 5.33. The highest BCUT2D eigenvalue weighted by Gasteiger charge is 2.39. The van der Waals surface area contributed by atoms with Gasteiger partial charge in [0.1, 0.15) is 0 Å². The SMILES string of the molecule is CN(C(=O)c1cc2ccccc2cc1NC(=O)C(c1cccc2ccccc12)P(=O)(O)O)C1CCCC1. The van der Waals surface area contributed by atoms with Crippen molar-refractivity contribution >= 4 is 46.6 Å². The van der Waals surface area contributed by atoms with Gasteiger partial charge in [0.15, 0.2) is 5.66 Å². The van der Waals surface area contributed by atoms with Crippen LogP contribution in [-0.4, -0.2) is 39.6 Å². The Hall–Kier alpha value is -3.51. The summed E-state index contributed by atoms with van der Waals surface area (Å²) < 4.78 is 12.7. The van der Waals surface area contributed by atoms with Crippen LogP contribution in [0.15, 0.2) is 78.9 Å². The highest BCUT2D eigenvalue weighted by Crippen LogP contribution is 2.53. The van der Waals surface area contributed by atoms with Crippen LogP contribution in [0.5, 0.6) is 0 Å². The zero-order chi connectivity index (χ0) is 26.2. The summed E-state index contributed by atoms with van der Waals surface area (Å²) in [6, 6.07) is 23.3. The van der Waals surface area contributed by atoms with Crippen molar-refractivity contribution in [3.63, 3.8) is 0 Å². The van der Waals surface area contributed by atoms with Gasteiger partial charge in [0.05, 0.1) is 11.3 Å². The van der Waals surface area contributed by atoms with Crippen molar-refractivity contribution in [1.29, 1.82) is 0 Å². The van der Waals surface area contributed by atoms with E-state index in [1.807, 2.05) is 42.5 Å². The van der Waals surface area contributed by atoms with Crippen molar-refractivity contribution < 1.29 is 23.9 Å². The Morgan fingerprint density at radius 3 is 2.16 bits per heavy atom. The second-order valence-electron chi connectivity index (χ2n) is 9.65. The lowest BCUT2D eigenvalue weighted by molar-refractivity contribution is -0.116. The molecule has 2 amide bonds. The molecule has 1 saturated carbocycles. The number of benzene rings is 4. The van der Waals surface area contributed by atoms with Crippen molar-refractivity contribution in [1.82, 2.24) is 4.90 Å². The van der Waals surface area contributed by atoms with Gasteiger partial charge >= 0.3 is 7.60 Å². The van der Waals surface area contributed by atoms with Gasteiger partial charge in [0, 0.05) is 13.1 Å². The monoisotopic (exact) mass is 516 g/mol. The molecule has 5 rings (SSSR count). The zero-order valence-electron chi connectivity index (χ0n) is 20.5. The van der Waals surface area contributed by atoms with E-state index in [2.05, 4.69) is 5.32 Å². The lowest BCUT2D eigenvalue weighted by atomic mass is 10.0. The van der Waals surface area contributed by atoms with Crippen LogP contribution in [-0.2, 0) is 9.36 Å². The molecule has 1 fully saturated rings. The molecule has 37 heavy (non-hydrogen) atoms. The van der Waals surface area contributed by atoms with Crippen LogP contribution in [0.1, 0.15) is 47.3 Å². The van der Waals surface area contributed by atoms with Crippen LogP contribution >= 0.6 is 7.60 Å². The van der Waals surface area contributed by atoms with Gasteiger partial charge in [-0.25, -0.2) is 0 Å². The molecular formula is C29H29N2O5P. The van der Waals surface area contributed by atoms with Crippen LogP contribution in [0.4, 0.5) is 5.69 Å². The molecule has 0 saturated heterocycles. The Balaban J connectivity index is 1.58. The van der Waals surface area contributed by atoms with Crippen molar-refractivity contribution in [2.24, 2.45) is 0 Å². The molecule has 7 nitrogen and oxygen atoms in total. The maximum atomic E-state index is 13.6. The van der Waals surface area contributed by atoms with Gasteiger partial charge in [-0.1, -0.05) is 79.6 Å². The molecule has 1 unspecified atom stereocenters. The number of carbonyl (C=O) groups excluding carboxylic acids is 2. The van der Waals surface area contributed by atoms with Gasteiger partial charge in [-0.15, -0.1) is 0 Å². The fourth-order valence-corrected chi connectivity index (χ4v) is 6.29. The summed E-state index contributed by atoms with van der Waals surface area (Å²) in [5.41, 5.74) is -0.970. The number of nitrogens with zero attached hydrogens (tertiary/aromatic N) is 1. The number of anilines is 1. The second-order valence-corrected chi connectivity index (χ2v) is 11.3. The van der Waals surface area contributed by atoms with E-state index in [0.717, 1.165) is 41.8 Å². The van der Waals surface area contributed by atoms with Crippen molar-refractivity contribution in [3.05, 3.63) is 90.0 Å². The predicted molar refractivity (Wildman–Crippen MR) is 146 cm³/mol. The molecule has 0 bridgehead atoms. The van der Waals surface area contributed by atoms with Crippen LogP contribution in [0.3, 0.4) is 0 Å². The molecule has 190 valence electrons. The Morgan fingerprint density at radius 1 is 0.892 bits per heavy atom. The molecule has 0 spiro atoms. The average molecular weight is 517 g/mol. The number of nitrogens with one attached hydrogen (secondary N) is 1. The minimum Gasteiger partial charge on any atom is -0.339 e. The van der Waals surface area contributed by atoms with Gasteiger partial charge in [0.2, 0.25) is 5.91 Å². The molecule has 0 aliphatic heterocycles. The number of hydrogen-bond acceptors (Lipinski definition) is 3. The Labute approximate surface area is 215 Å². The molecule has 1 aliphatic carbocycles. The third kappa shape index (κ3) is 5.03. The lowest BCUT2D eigenvalue weighted by Gasteiger charge is -2.26. The van der Waals surface area contributed by atoms with Gasteiger partial charge in [-0.3, -0.25) is 14.2 Å². The summed E-state index contributed by atoms with van der Waals surface area (Å²) in [6.45, 7) is 0. The number of fused-ring (bicyclic) bond motifs is 2. The molecular weight excluding hydrogens is 487 g/mol. The summed E-state index contributed by atoms with van der Waals surface area (Å²) in [5, 5.41) is 5.72. The van der Waals surface area contributed by atoms with E-state index in [-0.39, 0.29) is 23.2 Å². The molecule has 4 aromatic carbocycles. The second kappa shape index (κ2) is 10.1. The molecule has 1 aliphatic rings. The smallest absolute Gasteiger partial charge is 0.339 e. The topological polar surface area (TPSA) is 107 Å². The van der Waals surface area contributed by atoms with E-state index in [1.54, 1.807) is 48.3 Å². The lowest BCUT2D eigenvalue weighted by Crippen LogP contribution is -2.36. The van der Waals surface area contributed by atoms with E-state index in [0.29, 0.717) is 10.9 Å². The average Bonchev–Trinajstić information content (AvgIpc) is 3.42. The first kappa shape index (κ1) is 25.2. The van der Waals surface area contributed by atoms with E-state index in [9.17, 15) is 23.9 Å². The van der Waals surface area contributed by atoms with Crippen LogP contribution < -0.4 is 5.32 Å². The van der Waals surface area contributed by atoms with E-state index < -0.39 is 19.2 Å². The van der Waals surface area contributed by atoms with E-state index >= 15 is 0 Å². The van der Waals surface area contributed by atoms with Crippen LogP contribution in [0.2, 0.25) is 0 Å². The molecule has 1 atom stereocenters. The summed E-state index contributed by atoms with van der Waals surface area (Å²) >= 11 is 0. The Kier molecular flexibility index (Phi) is 6.86. The number of rotatable bonds is 6. The molecule has 3 N–H and O–H groups in total. The summed E-state index contributed by atoms with van der Waals surface area (Å²) in [5.74, 6) is -1.09. The first-order chi connectivity index (χ1) is 17.7. The maximum Gasteiger partial charge on any atom is 0.342 e. The molecule has 0 radical (unpaired) electrons.